The maximum Gasteiger partial charge on any atom is 0.123 e. The molecule has 0 aromatic heterocycles. The molecule has 0 radical (unpaired) electrons. The van der Waals surface area contributed by atoms with Gasteiger partial charge in [-0.2, -0.15) is 0 Å². The molecule has 0 amide bonds. The van der Waals surface area contributed by atoms with Crippen LogP contribution in [0.5, 0.6) is 0 Å². The highest BCUT2D eigenvalue weighted by molar-refractivity contribution is 5.47. The highest BCUT2D eigenvalue weighted by Crippen LogP contribution is 2.22. The highest BCUT2D eigenvalue weighted by atomic mass is 19.1. The zero-order valence-corrected chi connectivity index (χ0v) is 10.6. The SMILES string of the molecule is CCN(c1ccc(F)cc1)C1CCC(C)NC1. The van der Waals surface area contributed by atoms with Crippen LogP contribution in [0.4, 0.5) is 10.1 Å². The van der Waals surface area contributed by atoms with Crippen LogP contribution in [0.15, 0.2) is 24.3 Å². The minimum Gasteiger partial charge on any atom is -0.368 e. The molecule has 1 saturated heterocycles. The molecule has 2 nitrogen and oxygen atoms in total. The Morgan fingerprint density at radius 3 is 2.53 bits per heavy atom. The average Bonchev–Trinajstić information content (AvgIpc) is 2.35. The van der Waals surface area contributed by atoms with Crippen LogP contribution >= 0.6 is 0 Å². The lowest BCUT2D eigenvalue weighted by molar-refractivity contribution is 0.370. The van der Waals surface area contributed by atoms with Crippen molar-refractivity contribution in [1.82, 2.24) is 5.32 Å². The molecular weight excluding hydrogens is 215 g/mol. The van der Waals surface area contributed by atoms with E-state index in [0.717, 1.165) is 18.8 Å². The fraction of sp³-hybridized carbons (Fsp3) is 0.571. The number of nitrogens with zero attached hydrogens (tertiary/aromatic N) is 1. The number of likely N-dealkylation sites (N-methyl/N-ethyl adjacent to an activating group) is 1. The molecule has 1 heterocycles. The first-order valence-corrected chi connectivity index (χ1v) is 6.46. The van der Waals surface area contributed by atoms with Gasteiger partial charge in [-0.15, -0.1) is 0 Å². The number of benzene rings is 1. The van der Waals surface area contributed by atoms with Crippen LogP contribution in [-0.2, 0) is 0 Å². The summed E-state index contributed by atoms with van der Waals surface area (Å²) in [6.45, 7) is 6.37. The topological polar surface area (TPSA) is 15.3 Å². The lowest BCUT2D eigenvalue weighted by Gasteiger charge is -2.37. The largest absolute Gasteiger partial charge is 0.368 e. The molecule has 0 saturated carbocycles. The first-order valence-electron chi connectivity index (χ1n) is 6.46. The average molecular weight is 236 g/mol. The van der Waals surface area contributed by atoms with Gasteiger partial charge in [-0.05, 0) is 51.0 Å². The van der Waals surface area contributed by atoms with Crippen LogP contribution in [0.3, 0.4) is 0 Å². The second-order valence-electron chi connectivity index (χ2n) is 4.80. The van der Waals surface area contributed by atoms with Gasteiger partial charge < -0.3 is 10.2 Å². The third-order valence-electron chi connectivity index (χ3n) is 3.57. The van der Waals surface area contributed by atoms with E-state index >= 15 is 0 Å². The van der Waals surface area contributed by atoms with Crippen molar-refractivity contribution in [3.05, 3.63) is 30.1 Å². The number of hydrogen-bond acceptors (Lipinski definition) is 2. The van der Waals surface area contributed by atoms with Crippen molar-refractivity contribution in [3.8, 4) is 0 Å². The summed E-state index contributed by atoms with van der Waals surface area (Å²) >= 11 is 0. The minimum absolute atomic E-state index is 0.166. The molecule has 94 valence electrons. The van der Waals surface area contributed by atoms with Crippen molar-refractivity contribution >= 4 is 5.69 Å². The molecule has 0 spiro atoms. The number of rotatable bonds is 3. The van der Waals surface area contributed by atoms with Gasteiger partial charge in [0.25, 0.3) is 0 Å². The zero-order chi connectivity index (χ0) is 12.3. The van der Waals surface area contributed by atoms with E-state index < -0.39 is 0 Å². The molecule has 0 aliphatic carbocycles. The Bertz CT molecular complexity index is 342. The van der Waals surface area contributed by atoms with Crippen molar-refractivity contribution in [2.75, 3.05) is 18.0 Å². The lowest BCUT2D eigenvalue weighted by atomic mass is 10.00. The summed E-state index contributed by atoms with van der Waals surface area (Å²) in [7, 11) is 0. The molecule has 1 aliphatic heterocycles. The van der Waals surface area contributed by atoms with Gasteiger partial charge in [0.15, 0.2) is 0 Å². The molecule has 1 fully saturated rings. The maximum absolute atomic E-state index is 12.9. The summed E-state index contributed by atoms with van der Waals surface area (Å²) < 4.78 is 12.9. The van der Waals surface area contributed by atoms with Crippen LogP contribution in [0, 0.1) is 5.82 Å². The van der Waals surface area contributed by atoms with E-state index in [0.29, 0.717) is 12.1 Å². The quantitative estimate of drug-likeness (QED) is 0.868. The summed E-state index contributed by atoms with van der Waals surface area (Å²) in [5, 5.41) is 3.51. The molecule has 0 bridgehead atoms. The Hall–Kier alpha value is -1.09. The highest BCUT2D eigenvalue weighted by Gasteiger charge is 2.22. The van der Waals surface area contributed by atoms with Gasteiger partial charge in [0, 0.05) is 30.9 Å². The van der Waals surface area contributed by atoms with E-state index in [1.165, 1.54) is 25.0 Å². The second kappa shape index (κ2) is 5.50. The van der Waals surface area contributed by atoms with Gasteiger partial charge >= 0.3 is 0 Å². The normalized spacial score (nSPS) is 24.6. The summed E-state index contributed by atoms with van der Waals surface area (Å²) in [6, 6.07) is 7.97. The van der Waals surface area contributed by atoms with Gasteiger partial charge in [-0.3, -0.25) is 0 Å². The van der Waals surface area contributed by atoms with Crippen molar-refractivity contribution in [3.63, 3.8) is 0 Å². The van der Waals surface area contributed by atoms with Gasteiger partial charge in [0.1, 0.15) is 5.82 Å². The third-order valence-corrected chi connectivity index (χ3v) is 3.57. The predicted molar refractivity (Wildman–Crippen MR) is 69.9 cm³/mol. The summed E-state index contributed by atoms with van der Waals surface area (Å²) in [5.74, 6) is -0.166. The standard InChI is InChI=1S/C14H21FN2/c1-3-17(13-8-5-12(15)6-9-13)14-7-4-11(2)16-10-14/h5-6,8-9,11,14,16H,3-4,7,10H2,1-2H3. The Kier molecular flexibility index (Phi) is 4.00. The second-order valence-corrected chi connectivity index (χ2v) is 4.80. The van der Waals surface area contributed by atoms with E-state index in [4.69, 9.17) is 0 Å². The maximum atomic E-state index is 12.9. The summed E-state index contributed by atoms with van der Waals surface area (Å²) in [4.78, 5) is 2.36. The van der Waals surface area contributed by atoms with E-state index in [-0.39, 0.29) is 5.82 Å². The minimum atomic E-state index is -0.166. The van der Waals surface area contributed by atoms with Gasteiger partial charge in [0.05, 0.1) is 0 Å². The third kappa shape index (κ3) is 2.97. The van der Waals surface area contributed by atoms with Crippen LogP contribution in [0.25, 0.3) is 0 Å². The molecule has 3 heteroatoms. The van der Waals surface area contributed by atoms with Crippen LogP contribution in [0.1, 0.15) is 26.7 Å². The monoisotopic (exact) mass is 236 g/mol. The fourth-order valence-corrected chi connectivity index (χ4v) is 2.53. The number of nitrogens with one attached hydrogen (secondary N) is 1. The number of halogens is 1. The predicted octanol–water partition coefficient (Wildman–Crippen LogP) is 2.79. The van der Waals surface area contributed by atoms with E-state index in [2.05, 4.69) is 24.1 Å². The summed E-state index contributed by atoms with van der Waals surface area (Å²) in [6.07, 6.45) is 2.42. The smallest absolute Gasteiger partial charge is 0.123 e. The number of anilines is 1. The fourth-order valence-electron chi connectivity index (χ4n) is 2.53. The van der Waals surface area contributed by atoms with Crippen LogP contribution in [0.2, 0.25) is 0 Å². The van der Waals surface area contributed by atoms with E-state index in [1.807, 2.05) is 12.1 Å². The van der Waals surface area contributed by atoms with Gasteiger partial charge in [-0.25, -0.2) is 4.39 Å². The summed E-state index contributed by atoms with van der Waals surface area (Å²) in [5.41, 5.74) is 1.12. The van der Waals surface area contributed by atoms with Gasteiger partial charge in [-0.1, -0.05) is 0 Å². The Labute approximate surface area is 103 Å². The van der Waals surface area contributed by atoms with Gasteiger partial charge in [0.2, 0.25) is 0 Å². The Morgan fingerprint density at radius 1 is 1.29 bits per heavy atom. The van der Waals surface area contributed by atoms with Crippen LogP contribution in [-0.4, -0.2) is 25.2 Å². The van der Waals surface area contributed by atoms with E-state index in [9.17, 15) is 4.39 Å². The molecular formula is C14H21FN2. The first kappa shape index (κ1) is 12.4. The van der Waals surface area contributed by atoms with Crippen molar-refractivity contribution in [2.45, 2.75) is 38.8 Å². The zero-order valence-electron chi connectivity index (χ0n) is 10.6. The molecule has 1 aliphatic rings. The van der Waals surface area contributed by atoms with E-state index in [1.54, 1.807) is 0 Å². The van der Waals surface area contributed by atoms with Crippen molar-refractivity contribution in [1.29, 1.82) is 0 Å². The molecule has 1 N–H and O–H groups in total. The Balaban J connectivity index is 2.08. The molecule has 2 atom stereocenters. The molecule has 17 heavy (non-hydrogen) atoms. The molecule has 2 unspecified atom stereocenters. The molecule has 1 aromatic carbocycles. The molecule has 1 aromatic rings. The first-order chi connectivity index (χ1) is 8.20. The number of piperidine rings is 1. The van der Waals surface area contributed by atoms with Crippen molar-refractivity contribution in [2.24, 2.45) is 0 Å². The van der Waals surface area contributed by atoms with Crippen LogP contribution < -0.4 is 10.2 Å². The van der Waals surface area contributed by atoms with Crippen molar-refractivity contribution < 1.29 is 4.39 Å². The lowest BCUT2D eigenvalue weighted by Crippen LogP contribution is -2.49. The number of hydrogen-bond donors (Lipinski definition) is 1. The Morgan fingerprint density at radius 2 is 2.00 bits per heavy atom. The molecule has 2 rings (SSSR count).